The molecule has 0 bridgehead atoms. The van der Waals surface area contributed by atoms with Crippen LogP contribution < -0.4 is 0 Å². The summed E-state index contributed by atoms with van der Waals surface area (Å²) in [6.45, 7) is 2.02. The van der Waals surface area contributed by atoms with E-state index in [9.17, 15) is 0 Å². The van der Waals surface area contributed by atoms with E-state index in [0.717, 1.165) is 24.9 Å². The minimum atomic E-state index is 0.554. The van der Waals surface area contributed by atoms with Crippen molar-refractivity contribution in [2.24, 2.45) is 11.3 Å². The van der Waals surface area contributed by atoms with Gasteiger partial charge in [0, 0.05) is 5.41 Å². The van der Waals surface area contributed by atoms with Gasteiger partial charge in [0.2, 0.25) is 0 Å². The number of thiol groups is 1. The Balaban J connectivity index is 1.95. The Bertz CT molecular complexity index is 148. The van der Waals surface area contributed by atoms with Gasteiger partial charge in [-0.3, -0.25) is 0 Å². The summed E-state index contributed by atoms with van der Waals surface area (Å²) in [4.78, 5) is 0. The zero-order valence-electron chi connectivity index (χ0n) is 7.59. The summed E-state index contributed by atoms with van der Waals surface area (Å²) in [5.41, 5.74) is 0.554. The summed E-state index contributed by atoms with van der Waals surface area (Å²) >= 11 is 4.34. The van der Waals surface area contributed by atoms with Crippen molar-refractivity contribution in [3.63, 3.8) is 0 Å². The van der Waals surface area contributed by atoms with E-state index in [0.29, 0.717) is 5.41 Å². The van der Waals surface area contributed by atoms with Gasteiger partial charge in [0.15, 0.2) is 0 Å². The predicted octanol–water partition coefficient (Wildman–Crippen LogP) is 2.51. The highest BCUT2D eigenvalue weighted by Gasteiger charge is 2.45. The van der Waals surface area contributed by atoms with Gasteiger partial charge in [0.1, 0.15) is 0 Å². The van der Waals surface area contributed by atoms with Crippen molar-refractivity contribution in [2.75, 3.05) is 19.0 Å². The quantitative estimate of drug-likeness (QED) is 0.666. The first-order valence-corrected chi connectivity index (χ1v) is 5.69. The van der Waals surface area contributed by atoms with Gasteiger partial charge in [-0.2, -0.15) is 12.6 Å². The molecule has 1 heterocycles. The van der Waals surface area contributed by atoms with Crippen LogP contribution in [0.25, 0.3) is 0 Å². The lowest BCUT2D eigenvalue weighted by Gasteiger charge is -2.46. The maximum absolute atomic E-state index is 5.37. The maximum atomic E-state index is 5.37. The molecule has 0 aromatic heterocycles. The van der Waals surface area contributed by atoms with Gasteiger partial charge >= 0.3 is 0 Å². The molecular formula is C10H18OS. The van der Waals surface area contributed by atoms with Gasteiger partial charge < -0.3 is 4.74 Å². The normalized spacial score (nSPS) is 28.8. The lowest BCUT2D eigenvalue weighted by atomic mass is 9.71. The molecule has 0 aromatic carbocycles. The SMILES string of the molecule is SCCC1(C2CCCC2)COC1. The van der Waals surface area contributed by atoms with Gasteiger partial charge in [-0.15, -0.1) is 0 Å². The first-order valence-electron chi connectivity index (χ1n) is 5.06. The molecule has 1 aliphatic heterocycles. The number of hydrogen-bond acceptors (Lipinski definition) is 2. The Morgan fingerprint density at radius 1 is 1.25 bits per heavy atom. The van der Waals surface area contributed by atoms with Gasteiger partial charge in [-0.05, 0) is 30.9 Å². The van der Waals surface area contributed by atoms with Crippen molar-refractivity contribution in [1.29, 1.82) is 0 Å². The molecule has 0 aromatic rings. The van der Waals surface area contributed by atoms with Crippen LogP contribution in [-0.4, -0.2) is 19.0 Å². The largest absolute Gasteiger partial charge is 0.380 e. The molecule has 2 aliphatic rings. The van der Waals surface area contributed by atoms with E-state index in [-0.39, 0.29) is 0 Å². The fourth-order valence-corrected chi connectivity index (χ4v) is 3.15. The monoisotopic (exact) mass is 186 g/mol. The summed E-state index contributed by atoms with van der Waals surface area (Å²) in [5, 5.41) is 0. The first-order chi connectivity index (χ1) is 5.87. The average molecular weight is 186 g/mol. The van der Waals surface area contributed by atoms with Crippen LogP contribution in [0, 0.1) is 11.3 Å². The molecule has 12 heavy (non-hydrogen) atoms. The molecule has 1 aliphatic carbocycles. The second-order valence-corrected chi connectivity index (χ2v) is 4.76. The molecule has 2 rings (SSSR count). The maximum Gasteiger partial charge on any atom is 0.0547 e. The van der Waals surface area contributed by atoms with Crippen LogP contribution in [0.15, 0.2) is 0 Å². The van der Waals surface area contributed by atoms with Crippen molar-refractivity contribution in [3.05, 3.63) is 0 Å². The summed E-state index contributed by atoms with van der Waals surface area (Å²) in [7, 11) is 0. The number of ether oxygens (including phenoxy) is 1. The van der Waals surface area contributed by atoms with Crippen LogP contribution in [0.2, 0.25) is 0 Å². The Morgan fingerprint density at radius 2 is 1.92 bits per heavy atom. The topological polar surface area (TPSA) is 9.23 Å². The zero-order valence-corrected chi connectivity index (χ0v) is 8.48. The van der Waals surface area contributed by atoms with Gasteiger partial charge in [-0.1, -0.05) is 12.8 Å². The highest BCUT2D eigenvalue weighted by Crippen LogP contribution is 2.47. The number of rotatable bonds is 3. The summed E-state index contributed by atoms with van der Waals surface area (Å²) in [6.07, 6.45) is 7.03. The molecule has 1 saturated heterocycles. The molecule has 0 atom stereocenters. The number of hydrogen-bond donors (Lipinski definition) is 1. The van der Waals surface area contributed by atoms with Crippen LogP contribution >= 0.6 is 12.6 Å². The molecule has 1 nitrogen and oxygen atoms in total. The Kier molecular flexibility index (Phi) is 2.66. The van der Waals surface area contributed by atoms with E-state index in [4.69, 9.17) is 4.74 Å². The van der Waals surface area contributed by atoms with Crippen molar-refractivity contribution in [3.8, 4) is 0 Å². The molecule has 0 radical (unpaired) electrons. The van der Waals surface area contributed by atoms with Crippen molar-refractivity contribution in [1.82, 2.24) is 0 Å². The average Bonchev–Trinajstić information content (AvgIpc) is 2.48. The Labute approximate surface area is 80.3 Å². The molecule has 0 unspecified atom stereocenters. The molecule has 0 spiro atoms. The van der Waals surface area contributed by atoms with Gasteiger partial charge in [0.05, 0.1) is 13.2 Å². The van der Waals surface area contributed by atoms with Crippen LogP contribution in [0.1, 0.15) is 32.1 Å². The fraction of sp³-hybridized carbons (Fsp3) is 1.00. The Hall–Kier alpha value is 0.310. The van der Waals surface area contributed by atoms with Crippen LogP contribution in [-0.2, 0) is 4.74 Å². The zero-order chi connectivity index (χ0) is 8.44. The van der Waals surface area contributed by atoms with E-state index in [2.05, 4.69) is 12.6 Å². The minimum absolute atomic E-state index is 0.554. The van der Waals surface area contributed by atoms with Crippen LogP contribution in [0.3, 0.4) is 0 Å². The van der Waals surface area contributed by atoms with Crippen LogP contribution in [0.4, 0.5) is 0 Å². The van der Waals surface area contributed by atoms with Gasteiger partial charge in [0.25, 0.3) is 0 Å². The minimum Gasteiger partial charge on any atom is -0.380 e. The molecule has 2 fully saturated rings. The fourth-order valence-electron chi connectivity index (χ4n) is 2.71. The van der Waals surface area contributed by atoms with Crippen molar-refractivity contribution in [2.45, 2.75) is 32.1 Å². The highest BCUT2D eigenvalue weighted by molar-refractivity contribution is 7.80. The van der Waals surface area contributed by atoms with Crippen LogP contribution in [0.5, 0.6) is 0 Å². The standard InChI is InChI=1S/C10H18OS/c12-6-5-10(7-11-8-10)9-3-1-2-4-9/h9,12H,1-8H2. The second kappa shape index (κ2) is 3.59. The van der Waals surface area contributed by atoms with Gasteiger partial charge in [-0.25, -0.2) is 0 Å². The third-order valence-corrected chi connectivity index (χ3v) is 3.83. The first kappa shape index (κ1) is 8.89. The highest BCUT2D eigenvalue weighted by atomic mass is 32.1. The van der Waals surface area contributed by atoms with E-state index in [1.165, 1.54) is 32.1 Å². The third-order valence-electron chi connectivity index (χ3n) is 3.61. The molecule has 0 amide bonds. The molecule has 0 N–H and O–H groups in total. The Morgan fingerprint density at radius 3 is 2.33 bits per heavy atom. The predicted molar refractivity (Wildman–Crippen MR) is 53.7 cm³/mol. The molecule has 2 heteroatoms. The van der Waals surface area contributed by atoms with E-state index in [1.54, 1.807) is 0 Å². The van der Waals surface area contributed by atoms with E-state index < -0.39 is 0 Å². The lowest BCUT2D eigenvalue weighted by molar-refractivity contribution is -0.146. The summed E-state index contributed by atoms with van der Waals surface area (Å²) in [6, 6.07) is 0. The molecule has 70 valence electrons. The lowest BCUT2D eigenvalue weighted by Crippen LogP contribution is -2.48. The third kappa shape index (κ3) is 1.39. The smallest absolute Gasteiger partial charge is 0.0547 e. The summed E-state index contributed by atoms with van der Waals surface area (Å²) < 4.78 is 5.37. The molecule has 1 saturated carbocycles. The summed E-state index contributed by atoms with van der Waals surface area (Å²) in [5.74, 6) is 1.98. The molecular weight excluding hydrogens is 168 g/mol. The van der Waals surface area contributed by atoms with E-state index >= 15 is 0 Å². The van der Waals surface area contributed by atoms with Crippen molar-refractivity contribution >= 4 is 12.6 Å². The van der Waals surface area contributed by atoms with Crippen molar-refractivity contribution < 1.29 is 4.74 Å². The van der Waals surface area contributed by atoms with E-state index in [1.807, 2.05) is 0 Å². The second-order valence-electron chi connectivity index (χ2n) is 4.31.